The van der Waals surface area contributed by atoms with Gasteiger partial charge in [0.05, 0.1) is 16.8 Å². The van der Waals surface area contributed by atoms with Crippen molar-refractivity contribution in [2.75, 3.05) is 13.1 Å². The zero-order chi connectivity index (χ0) is 17.0. The summed E-state index contributed by atoms with van der Waals surface area (Å²) in [4.78, 5) is 20.6. The van der Waals surface area contributed by atoms with Crippen LogP contribution in [0.25, 0.3) is 10.6 Å². The van der Waals surface area contributed by atoms with E-state index in [1.54, 1.807) is 24.3 Å². The average molecular weight is 354 g/mol. The van der Waals surface area contributed by atoms with Gasteiger partial charge in [-0.3, -0.25) is 4.79 Å². The number of rotatable bonds is 2. The summed E-state index contributed by atoms with van der Waals surface area (Å²) in [6, 6.07) is 5.91. The first kappa shape index (κ1) is 14.9. The molecule has 5 heterocycles. The van der Waals surface area contributed by atoms with Gasteiger partial charge in [-0.2, -0.15) is 0 Å². The number of aromatic nitrogens is 3. The van der Waals surface area contributed by atoms with Gasteiger partial charge < -0.3 is 14.0 Å². The number of nitrogens with zero attached hydrogens (tertiary/aromatic N) is 4. The second-order valence-corrected chi connectivity index (χ2v) is 7.87. The first-order chi connectivity index (χ1) is 12.2. The maximum Gasteiger partial charge on any atom is 0.276 e. The van der Waals surface area contributed by atoms with E-state index in [9.17, 15) is 4.79 Å². The van der Waals surface area contributed by atoms with Crippen molar-refractivity contribution in [3.8, 4) is 10.6 Å². The minimum Gasteiger partial charge on any atom is -0.361 e. The van der Waals surface area contributed by atoms with Gasteiger partial charge in [-0.15, -0.1) is 11.3 Å². The van der Waals surface area contributed by atoms with Crippen LogP contribution in [0.3, 0.4) is 0 Å². The summed E-state index contributed by atoms with van der Waals surface area (Å²) in [6.07, 6.45) is 3.97. The van der Waals surface area contributed by atoms with Crippen LogP contribution >= 0.6 is 11.3 Å². The molecule has 0 N–H and O–H groups in total. The summed E-state index contributed by atoms with van der Waals surface area (Å²) in [5.74, 6) is 1.74. The molecule has 7 heteroatoms. The molecule has 0 aliphatic carbocycles. The molecule has 3 aromatic heterocycles. The molecule has 1 fully saturated rings. The maximum atomic E-state index is 12.7. The molecule has 0 aromatic carbocycles. The van der Waals surface area contributed by atoms with Gasteiger partial charge in [-0.05, 0) is 31.2 Å². The van der Waals surface area contributed by atoms with Crippen molar-refractivity contribution in [2.24, 2.45) is 0 Å². The highest BCUT2D eigenvalue weighted by Gasteiger charge is 2.48. The van der Waals surface area contributed by atoms with E-state index in [-0.39, 0.29) is 11.3 Å². The van der Waals surface area contributed by atoms with E-state index >= 15 is 0 Å². The SMILES string of the molecule is Cc1cc(C(=O)N2CCC3(CCn4c(-c5cccs5)cnc43)C2)no1. The number of carbonyl (C=O) groups is 1. The number of imidazole rings is 1. The van der Waals surface area contributed by atoms with Gasteiger partial charge in [0.25, 0.3) is 5.91 Å². The quantitative estimate of drug-likeness (QED) is 0.709. The molecule has 25 heavy (non-hydrogen) atoms. The minimum atomic E-state index is -0.0442. The molecule has 5 rings (SSSR count). The van der Waals surface area contributed by atoms with Crippen LogP contribution < -0.4 is 0 Å². The summed E-state index contributed by atoms with van der Waals surface area (Å²) >= 11 is 1.74. The lowest BCUT2D eigenvalue weighted by Crippen LogP contribution is -2.33. The first-order valence-corrected chi connectivity index (χ1v) is 9.37. The summed E-state index contributed by atoms with van der Waals surface area (Å²) in [7, 11) is 0. The van der Waals surface area contributed by atoms with Crippen LogP contribution in [0.5, 0.6) is 0 Å². The van der Waals surface area contributed by atoms with E-state index < -0.39 is 0 Å². The summed E-state index contributed by atoms with van der Waals surface area (Å²) in [5.41, 5.74) is 1.57. The number of thiophene rings is 1. The lowest BCUT2D eigenvalue weighted by molar-refractivity contribution is 0.0772. The molecule has 1 amide bonds. The van der Waals surface area contributed by atoms with Gasteiger partial charge in [0.1, 0.15) is 11.6 Å². The van der Waals surface area contributed by atoms with Crippen LogP contribution in [0, 0.1) is 6.92 Å². The highest BCUT2D eigenvalue weighted by atomic mass is 32.1. The predicted octanol–water partition coefficient (Wildman–Crippen LogP) is 3.10. The van der Waals surface area contributed by atoms with Gasteiger partial charge in [0.2, 0.25) is 0 Å². The second-order valence-electron chi connectivity index (χ2n) is 6.93. The molecular weight excluding hydrogens is 336 g/mol. The predicted molar refractivity (Wildman–Crippen MR) is 93.6 cm³/mol. The molecule has 1 saturated heterocycles. The first-order valence-electron chi connectivity index (χ1n) is 8.49. The van der Waals surface area contributed by atoms with Crippen LogP contribution in [0.4, 0.5) is 0 Å². The third-order valence-electron chi connectivity index (χ3n) is 5.41. The third-order valence-corrected chi connectivity index (χ3v) is 6.30. The summed E-state index contributed by atoms with van der Waals surface area (Å²) < 4.78 is 7.38. The van der Waals surface area contributed by atoms with Crippen molar-refractivity contribution in [1.82, 2.24) is 19.6 Å². The monoisotopic (exact) mass is 354 g/mol. The van der Waals surface area contributed by atoms with E-state index in [1.807, 2.05) is 11.1 Å². The Balaban J connectivity index is 1.43. The fraction of sp³-hybridized carbons (Fsp3) is 0.389. The van der Waals surface area contributed by atoms with Crippen LogP contribution in [-0.4, -0.2) is 38.6 Å². The van der Waals surface area contributed by atoms with E-state index in [1.165, 1.54) is 10.6 Å². The standard InChI is InChI=1S/C18H18N4O2S/c1-12-9-13(20-24-12)16(23)21-6-4-18(11-21)5-7-22-14(10-19-17(18)22)15-3-2-8-25-15/h2-3,8-10H,4-7,11H2,1H3. The van der Waals surface area contributed by atoms with Gasteiger partial charge in [0, 0.05) is 31.1 Å². The van der Waals surface area contributed by atoms with Crippen molar-refractivity contribution in [3.63, 3.8) is 0 Å². The molecule has 1 atom stereocenters. The van der Waals surface area contributed by atoms with Crippen LogP contribution in [0.2, 0.25) is 0 Å². The van der Waals surface area contributed by atoms with Gasteiger partial charge in [0.15, 0.2) is 5.69 Å². The lowest BCUT2D eigenvalue weighted by atomic mass is 9.85. The van der Waals surface area contributed by atoms with Crippen LogP contribution in [0.1, 0.15) is 34.9 Å². The summed E-state index contributed by atoms with van der Waals surface area (Å²) in [5, 5.41) is 5.96. The minimum absolute atomic E-state index is 0.0239. The fourth-order valence-electron chi connectivity index (χ4n) is 4.15. The van der Waals surface area contributed by atoms with Crippen molar-refractivity contribution in [1.29, 1.82) is 0 Å². The van der Waals surface area contributed by atoms with Gasteiger partial charge in [-0.1, -0.05) is 11.2 Å². The highest BCUT2D eigenvalue weighted by Crippen LogP contribution is 2.44. The van der Waals surface area contributed by atoms with Gasteiger partial charge >= 0.3 is 0 Å². The molecular formula is C18H18N4O2S. The molecule has 128 valence electrons. The molecule has 0 bridgehead atoms. The Morgan fingerprint density at radius 2 is 2.24 bits per heavy atom. The molecule has 0 saturated carbocycles. The normalized spacial score (nSPS) is 22.0. The Kier molecular flexibility index (Phi) is 3.15. The zero-order valence-corrected chi connectivity index (χ0v) is 14.8. The Morgan fingerprint density at radius 3 is 3.00 bits per heavy atom. The number of amides is 1. The van der Waals surface area contributed by atoms with Crippen LogP contribution in [-0.2, 0) is 12.0 Å². The summed E-state index contributed by atoms with van der Waals surface area (Å²) in [6.45, 7) is 4.22. The van der Waals surface area contributed by atoms with E-state index in [0.29, 0.717) is 18.0 Å². The number of likely N-dealkylation sites (tertiary alicyclic amines) is 1. The lowest BCUT2D eigenvalue weighted by Gasteiger charge is -2.22. The highest BCUT2D eigenvalue weighted by molar-refractivity contribution is 7.13. The van der Waals surface area contributed by atoms with Crippen LogP contribution in [0.15, 0.2) is 34.3 Å². The molecule has 2 aliphatic rings. The molecule has 2 aliphatic heterocycles. The molecule has 3 aromatic rings. The van der Waals surface area contributed by atoms with Crippen molar-refractivity contribution in [3.05, 3.63) is 47.1 Å². The Morgan fingerprint density at radius 1 is 1.36 bits per heavy atom. The smallest absolute Gasteiger partial charge is 0.276 e. The largest absolute Gasteiger partial charge is 0.361 e. The van der Waals surface area contributed by atoms with Crippen molar-refractivity contribution >= 4 is 17.2 Å². The van der Waals surface area contributed by atoms with Gasteiger partial charge in [-0.25, -0.2) is 4.98 Å². The third kappa shape index (κ3) is 2.18. The zero-order valence-electron chi connectivity index (χ0n) is 13.9. The topological polar surface area (TPSA) is 64.2 Å². The van der Waals surface area contributed by atoms with Crippen molar-refractivity contribution in [2.45, 2.75) is 31.7 Å². The van der Waals surface area contributed by atoms with E-state index in [2.05, 4.69) is 27.2 Å². The number of carbonyl (C=O) groups excluding carboxylic acids is 1. The Hall–Kier alpha value is -2.41. The average Bonchev–Trinajstić information content (AvgIpc) is 3.39. The molecule has 0 radical (unpaired) electrons. The molecule has 1 unspecified atom stereocenters. The van der Waals surface area contributed by atoms with E-state index in [4.69, 9.17) is 9.51 Å². The number of hydrogen-bond acceptors (Lipinski definition) is 5. The molecule has 1 spiro atoms. The maximum absolute atomic E-state index is 12.7. The second kappa shape index (κ2) is 5.29. The fourth-order valence-corrected chi connectivity index (χ4v) is 4.89. The van der Waals surface area contributed by atoms with Crippen molar-refractivity contribution < 1.29 is 9.32 Å². The van der Waals surface area contributed by atoms with E-state index in [0.717, 1.165) is 31.8 Å². The Bertz CT molecular complexity index is 942. The number of aryl methyl sites for hydroxylation is 1. The number of hydrogen-bond donors (Lipinski definition) is 0. The molecule has 6 nitrogen and oxygen atoms in total. The number of fused-ring (bicyclic) bond motifs is 2. The Labute approximate surface area is 149 Å².